The zero-order valence-electron chi connectivity index (χ0n) is 20.3. The zero-order valence-corrected chi connectivity index (χ0v) is 20.3. The number of carbonyl (C=O) groups is 2. The number of anilines is 1. The van der Waals surface area contributed by atoms with Crippen LogP contribution in [0.1, 0.15) is 17.3 Å². The second kappa shape index (κ2) is 9.59. The molecule has 1 saturated heterocycles. The van der Waals surface area contributed by atoms with Gasteiger partial charge in [0.15, 0.2) is 11.6 Å². The fourth-order valence-electron chi connectivity index (χ4n) is 4.05. The lowest BCUT2D eigenvalue weighted by molar-refractivity contribution is -0.249. The summed E-state index contributed by atoms with van der Waals surface area (Å²) < 4.78 is 65.8. The van der Waals surface area contributed by atoms with E-state index in [1.165, 1.54) is 37.3 Å². The Kier molecular flexibility index (Phi) is 6.77. The Hall–Kier alpha value is -4.21. The molecule has 2 amide bonds. The smallest absolute Gasteiger partial charge is 0.426 e. The molecule has 16 heteroatoms. The third-order valence-corrected chi connectivity index (χ3v) is 6.17. The molecule has 12 nitrogen and oxygen atoms in total. The van der Waals surface area contributed by atoms with Crippen LogP contribution in [0.15, 0.2) is 24.7 Å². The minimum atomic E-state index is -5.27. The number of rotatable bonds is 6. The molecule has 0 aromatic carbocycles. The third kappa shape index (κ3) is 4.51. The van der Waals surface area contributed by atoms with Gasteiger partial charge in [0.05, 0.1) is 32.5 Å². The zero-order chi connectivity index (χ0) is 28.0. The monoisotopic (exact) mass is 541 g/mol. The highest BCUT2D eigenvalue weighted by molar-refractivity contribution is 5.98. The number of halogens is 4. The van der Waals surface area contributed by atoms with Crippen molar-refractivity contribution in [1.82, 2.24) is 29.8 Å². The van der Waals surface area contributed by atoms with Crippen molar-refractivity contribution in [3.8, 4) is 22.9 Å². The second-order valence-electron chi connectivity index (χ2n) is 8.66. The first-order valence-electron chi connectivity index (χ1n) is 11.0. The Morgan fingerprint density at radius 2 is 1.89 bits per heavy atom. The number of fused-ring (bicyclic) bond motifs is 1. The summed E-state index contributed by atoms with van der Waals surface area (Å²) in [6.07, 6.45) is -4.55. The van der Waals surface area contributed by atoms with Crippen molar-refractivity contribution in [2.75, 3.05) is 33.0 Å². The lowest BCUT2D eigenvalue weighted by Gasteiger charge is -2.29. The Bertz CT molecular complexity index is 1390. The first-order chi connectivity index (χ1) is 17.8. The van der Waals surface area contributed by atoms with Gasteiger partial charge in [0.25, 0.3) is 11.8 Å². The van der Waals surface area contributed by atoms with Gasteiger partial charge in [-0.2, -0.15) is 18.3 Å². The number of nitrogen functional groups attached to an aromatic ring is 1. The van der Waals surface area contributed by atoms with E-state index in [2.05, 4.69) is 20.4 Å². The standard InChI is InChI=1S/C22H23F4N7O5/c1-21(36,22(24,25)26)20(35)32-7-12(23)13(8-32)31-18(34)11-4-10(6-28-19(11)38-3)14-5-15(37-2)16-17(27)29-9-30-33(14)16/h4-6,9,12-13,36H,7-8H2,1-3H3,(H,31,34)(H2,27,29,30)/t12-,13+,21+/m0/s1. The third-order valence-electron chi connectivity index (χ3n) is 6.17. The van der Waals surface area contributed by atoms with Gasteiger partial charge in [-0.1, -0.05) is 0 Å². The van der Waals surface area contributed by atoms with Crippen LogP contribution >= 0.6 is 0 Å². The van der Waals surface area contributed by atoms with Crippen molar-refractivity contribution in [2.24, 2.45) is 0 Å². The molecule has 0 saturated carbocycles. The number of nitrogens with one attached hydrogen (secondary N) is 1. The Balaban J connectivity index is 1.61. The SMILES string of the molecule is COc1ncc(-c2cc(OC)c3c(N)ncnn23)cc1C(=O)N[C@@H]1CN(C(=O)[C@@](C)(O)C(F)(F)F)C[C@@H]1F. The molecule has 0 radical (unpaired) electrons. The summed E-state index contributed by atoms with van der Waals surface area (Å²) in [5.41, 5.74) is 3.27. The molecule has 3 atom stereocenters. The van der Waals surface area contributed by atoms with Gasteiger partial charge in [0, 0.05) is 24.4 Å². The fraction of sp³-hybridized carbons (Fsp3) is 0.409. The molecule has 0 unspecified atom stereocenters. The van der Waals surface area contributed by atoms with Crippen LogP contribution in [0.3, 0.4) is 0 Å². The molecule has 1 fully saturated rings. The molecule has 0 aliphatic carbocycles. The van der Waals surface area contributed by atoms with E-state index in [0.29, 0.717) is 27.4 Å². The molecule has 4 N–H and O–H groups in total. The van der Waals surface area contributed by atoms with Crippen molar-refractivity contribution in [3.63, 3.8) is 0 Å². The molecule has 3 aromatic rings. The van der Waals surface area contributed by atoms with Crippen LogP contribution < -0.4 is 20.5 Å². The molecule has 4 heterocycles. The lowest BCUT2D eigenvalue weighted by Crippen LogP contribution is -2.56. The summed E-state index contributed by atoms with van der Waals surface area (Å²) in [5.74, 6) is -2.20. The van der Waals surface area contributed by atoms with E-state index in [0.717, 1.165) is 0 Å². The van der Waals surface area contributed by atoms with E-state index in [1.54, 1.807) is 6.07 Å². The summed E-state index contributed by atoms with van der Waals surface area (Å²) in [6, 6.07) is 1.63. The normalized spacial score (nSPS) is 19.3. The number of aliphatic hydroxyl groups is 1. The van der Waals surface area contributed by atoms with E-state index >= 15 is 0 Å². The van der Waals surface area contributed by atoms with Gasteiger partial charge < -0.3 is 30.5 Å². The minimum absolute atomic E-state index is 0.116. The first kappa shape index (κ1) is 26.8. The van der Waals surface area contributed by atoms with Crippen molar-refractivity contribution in [2.45, 2.75) is 30.9 Å². The maximum absolute atomic E-state index is 14.7. The minimum Gasteiger partial charge on any atom is -0.494 e. The van der Waals surface area contributed by atoms with Gasteiger partial charge in [0.1, 0.15) is 23.6 Å². The number of nitrogens with two attached hydrogens (primary N) is 1. The van der Waals surface area contributed by atoms with E-state index < -0.39 is 48.9 Å². The predicted molar refractivity (Wildman–Crippen MR) is 123 cm³/mol. The number of ether oxygens (including phenoxy) is 2. The van der Waals surface area contributed by atoms with Crippen LogP contribution in [0.25, 0.3) is 16.8 Å². The molecule has 0 bridgehead atoms. The van der Waals surface area contributed by atoms with Gasteiger partial charge in [-0.25, -0.2) is 18.9 Å². The predicted octanol–water partition coefficient (Wildman–Crippen LogP) is 0.983. The van der Waals surface area contributed by atoms with Gasteiger partial charge in [-0.15, -0.1) is 0 Å². The number of nitrogens with zero attached hydrogens (tertiary/aromatic N) is 5. The van der Waals surface area contributed by atoms with Crippen LogP contribution in [-0.4, -0.2) is 92.7 Å². The van der Waals surface area contributed by atoms with E-state index in [9.17, 15) is 32.3 Å². The topological polar surface area (TPSA) is 157 Å². The van der Waals surface area contributed by atoms with Crippen molar-refractivity contribution in [1.29, 1.82) is 0 Å². The summed E-state index contributed by atoms with van der Waals surface area (Å²) in [4.78, 5) is 33.9. The summed E-state index contributed by atoms with van der Waals surface area (Å²) in [5, 5.41) is 16.2. The maximum atomic E-state index is 14.7. The summed E-state index contributed by atoms with van der Waals surface area (Å²) in [6.45, 7) is -1.05. The molecule has 204 valence electrons. The van der Waals surface area contributed by atoms with Gasteiger partial charge in [0.2, 0.25) is 11.5 Å². The highest BCUT2D eigenvalue weighted by atomic mass is 19.4. The number of hydrogen-bond acceptors (Lipinski definition) is 9. The van der Waals surface area contributed by atoms with Crippen LogP contribution in [0.2, 0.25) is 0 Å². The number of likely N-dealkylation sites (tertiary alicyclic amines) is 1. The van der Waals surface area contributed by atoms with Gasteiger partial charge >= 0.3 is 6.18 Å². The Morgan fingerprint density at radius 1 is 1.18 bits per heavy atom. The van der Waals surface area contributed by atoms with Crippen molar-refractivity contribution >= 4 is 23.1 Å². The molecule has 0 spiro atoms. The number of carbonyl (C=O) groups excluding carboxylic acids is 2. The van der Waals surface area contributed by atoms with Crippen LogP contribution in [0.5, 0.6) is 11.6 Å². The number of pyridine rings is 1. The van der Waals surface area contributed by atoms with Crippen LogP contribution in [0, 0.1) is 0 Å². The van der Waals surface area contributed by atoms with Crippen LogP contribution in [0.4, 0.5) is 23.4 Å². The van der Waals surface area contributed by atoms with Gasteiger partial charge in [-0.3, -0.25) is 9.59 Å². The highest BCUT2D eigenvalue weighted by Crippen LogP contribution is 2.35. The number of hydrogen-bond donors (Lipinski definition) is 3. The van der Waals surface area contributed by atoms with Crippen molar-refractivity contribution < 1.29 is 41.7 Å². The average molecular weight is 541 g/mol. The summed E-state index contributed by atoms with van der Waals surface area (Å²) >= 11 is 0. The van der Waals surface area contributed by atoms with Crippen LogP contribution in [-0.2, 0) is 4.79 Å². The maximum Gasteiger partial charge on any atom is 0.426 e. The van der Waals surface area contributed by atoms with E-state index in [4.69, 9.17) is 15.2 Å². The fourth-order valence-corrected chi connectivity index (χ4v) is 4.05. The largest absolute Gasteiger partial charge is 0.494 e. The van der Waals surface area contributed by atoms with Gasteiger partial charge in [-0.05, 0) is 13.0 Å². The molecule has 1 aliphatic heterocycles. The molecule has 38 heavy (non-hydrogen) atoms. The first-order valence-corrected chi connectivity index (χ1v) is 11.0. The highest BCUT2D eigenvalue weighted by Gasteiger charge is 2.58. The Morgan fingerprint density at radius 3 is 2.53 bits per heavy atom. The molecule has 4 rings (SSSR count). The summed E-state index contributed by atoms with van der Waals surface area (Å²) in [7, 11) is 2.68. The van der Waals surface area contributed by atoms with E-state index in [-0.39, 0.29) is 24.2 Å². The molecule has 3 aromatic heterocycles. The molecular formula is C22H23F4N7O5. The number of methoxy groups -OCH3 is 2. The molecule has 1 aliphatic rings. The molecular weight excluding hydrogens is 518 g/mol. The quantitative estimate of drug-likeness (QED) is 0.387. The lowest BCUT2D eigenvalue weighted by atomic mass is 10.1. The van der Waals surface area contributed by atoms with E-state index in [1.807, 2.05) is 0 Å². The average Bonchev–Trinajstić information content (AvgIpc) is 3.43. The number of alkyl halides is 4. The second-order valence-corrected chi connectivity index (χ2v) is 8.66. The number of amides is 2. The Labute approximate surface area is 212 Å². The number of aromatic nitrogens is 4. The van der Waals surface area contributed by atoms with Crippen molar-refractivity contribution in [3.05, 3.63) is 30.2 Å².